The summed E-state index contributed by atoms with van der Waals surface area (Å²) < 4.78 is 0. The zero-order valence-electron chi connectivity index (χ0n) is 12.0. The van der Waals surface area contributed by atoms with Gasteiger partial charge >= 0.3 is 0 Å². The van der Waals surface area contributed by atoms with Gasteiger partial charge in [0.2, 0.25) is 0 Å². The minimum atomic E-state index is -0.115. The zero-order chi connectivity index (χ0) is 13.7. The van der Waals surface area contributed by atoms with Crippen molar-refractivity contribution in [2.75, 3.05) is 13.1 Å². The van der Waals surface area contributed by atoms with Crippen molar-refractivity contribution in [1.29, 1.82) is 0 Å². The van der Waals surface area contributed by atoms with Crippen LogP contribution in [-0.2, 0) is 17.6 Å². The van der Waals surface area contributed by atoms with Crippen molar-refractivity contribution in [3.63, 3.8) is 0 Å². The van der Waals surface area contributed by atoms with E-state index in [4.69, 9.17) is 0 Å². The van der Waals surface area contributed by atoms with Crippen LogP contribution < -0.4 is 5.32 Å². The highest BCUT2D eigenvalue weighted by Crippen LogP contribution is 2.34. The Balaban J connectivity index is 2.05. The Kier molecular flexibility index (Phi) is 4.70. The van der Waals surface area contributed by atoms with Gasteiger partial charge in [-0.3, -0.25) is 9.78 Å². The maximum Gasteiger partial charge on any atom is 0.145 e. The van der Waals surface area contributed by atoms with Gasteiger partial charge in [-0.2, -0.15) is 0 Å². The summed E-state index contributed by atoms with van der Waals surface area (Å²) in [5.74, 6) is 0.369. The minimum Gasteiger partial charge on any atom is -0.317 e. The molecular weight excluding hydrogens is 236 g/mol. The Morgan fingerprint density at radius 2 is 2.05 bits per heavy atom. The van der Waals surface area contributed by atoms with Crippen LogP contribution in [0.3, 0.4) is 0 Å². The summed E-state index contributed by atoms with van der Waals surface area (Å²) in [4.78, 5) is 17.0. The molecule has 3 nitrogen and oxygen atoms in total. The molecule has 0 spiro atoms. The van der Waals surface area contributed by atoms with Crippen molar-refractivity contribution in [2.24, 2.45) is 5.41 Å². The number of carbonyl (C=O) groups excluding carboxylic acids is 1. The van der Waals surface area contributed by atoms with Gasteiger partial charge in [0.15, 0.2) is 0 Å². The second kappa shape index (κ2) is 6.29. The highest BCUT2D eigenvalue weighted by atomic mass is 16.1. The number of ketones is 1. The smallest absolute Gasteiger partial charge is 0.145 e. The number of hydrogen-bond donors (Lipinski definition) is 1. The molecule has 0 atom stereocenters. The van der Waals surface area contributed by atoms with Crippen LogP contribution in [0.1, 0.15) is 44.4 Å². The molecule has 2 heterocycles. The fourth-order valence-corrected chi connectivity index (χ4v) is 2.86. The fourth-order valence-electron chi connectivity index (χ4n) is 2.86. The van der Waals surface area contributed by atoms with Gasteiger partial charge < -0.3 is 5.32 Å². The molecule has 0 saturated carbocycles. The molecular formula is C16H24N2O. The third-order valence-electron chi connectivity index (χ3n) is 4.46. The average Bonchev–Trinajstić information content (AvgIpc) is 2.48. The number of nitrogens with zero attached hydrogens (tertiary/aromatic N) is 1. The summed E-state index contributed by atoms with van der Waals surface area (Å²) >= 11 is 0. The maximum absolute atomic E-state index is 12.6. The monoisotopic (exact) mass is 260 g/mol. The number of rotatable bonds is 5. The number of Topliss-reactive ketones (excluding diaryl/α,β-unsaturated/α-hetero) is 1. The number of pyridine rings is 1. The minimum absolute atomic E-state index is 0.115. The lowest BCUT2D eigenvalue weighted by atomic mass is 9.72. The molecule has 0 amide bonds. The number of carbonyl (C=O) groups is 1. The topological polar surface area (TPSA) is 42.0 Å². The Hall–Kier alpha value is -1.22. The molecule has 0 bridgehead atoms. The number of piperidine rings is 1. The van der Waals surface area contributed by atoms with Crippen LogP contribution in [0.15, 0.2) is 18.3 Å². The number of hydrogen-bond acceptors (Lipinski definition) is 3. The van der Waals surface area contributed by atoms with E-state index < -0.39 is 0 Å². The molecule has 1 fully saturated rings. The van der Waals surface area contributed by atoms with Gasteiger partial charge in [0.25, 0.3) is 0 Å². The number of aryl methyl sites for hydroxylation is 1. The summed E-state index contributed by atoms with van der Waals surface area (Å²) in [6.45, 7) is 6.17. The summed E-state index contributed by atoms with van der Waals surface area (Å²) in [5, 5.41) is 3.34. The standard InChI is InChI=1S/C16H24N2O/c1-3-13-5-6-14(18-12-13)11-15(19)16(4-2)7-9-17-10-8-16/h5-6,12,17H,3-4,7-11H2,1-2H3. The molecule has 104 valence electrons. The van der Waals surface area contributed by atoms with Gasteiger partial charge in [0.1, 0.15) is 5.78 Å². The second-order valence-electron chi connectivity index (χ2n) is 5.50. The molecule has 1 aliphatic rings. The molecule has 3 heteroatoms. The van der Waals surface area contributed by atoms with E-state index in [1.807, 2.05) is 12.3 Å². The summed E-state index contributed by atoms with van der Waals surface area (Å²) in [6.07, 6.45) is 6.25. The normalized spacial score (nSPS) is 18.2. The molecule has 0 aromatic carbocycles. The molecule has 1 N–H and O–H groups in total. The van der Waals surface area contributed by atoms with E-state index in [0.29, 0.717) is 12.2 Å². The Morgan fingerprint density at radius 3 is 2.58 bits per heavy atom. The van der Waals surface area contributed by atoms with Crippen molar-refractivity contribution in [2.45, 2.75) is 46.0 Å². The van der Waals surface area contributed by atoms with E-state index in [9.17, 15) is 4.79 Å². The highest BCUT2D eigenvalue weighted by molar-refractivity contribution is 5.86. The van der Waals surface area contributed by atoms with Crippen LogP contribution in [0.5, 0.6) is 0 Å². The number of aromatic nitrogens is 1. The van der Waals surface area contributed by atoms with E-state index in [1.165, 1.54) is 5.56 Å². The lowest BCUT2D eigenvalue weighted by Gasteiger charge is -2.35. The first-order valence-electron chi connectivity index (χ1n) is 7.38. The zero-order valence-corrected chi connectivity index (χ0v) is 12.0. The SMILES string of the molecule is CCc1ccc(CC(=O)C2(CC)CCNCC2)nc1. The quantitative estimate of drug-likeness (QED) is 0.884. The van der Waals surface area contributed by atoms with Gasteiger partial charge in [-0.05, 0) is 50.4 Å². The molecule has 0 unspecified atom stereocenters. The molecule has 19 heavy (non-hydrogen) atoms. The van der Waals surface area contributed by atoms with Gasteiger partial charge in [0.05, 0.1) is 0 Å². The van der Waals surface area contributed by atoms with E-state index in [0.717, 1.165) is 44.5 Å². The van der Waals surface area contributed by atoms with Crippen LogP contribution in [0.2, 0.25) is 0 Å². The predicted octanol–water partition coefficient (Wildman–Crippen LogP) is 2.54. The Morgan fingerprint density at radius 1 is 1.32 bits per heavy atom. The van der Waals surface area contributed by atoms with Gasteiger partial charge in [-0.25, -0.2) is 0 Å². The van der Waals surface area contributed by atoms with Crippen molar-refractivity contribution < 1.29 is 4.79 Å². The average molecular weight is 260 g/mol. The molecule has 0 aliphatic carbocycles. The van der Waals surface area contributed by atoms with E-state index in [1.54, 1.807) is 0 Å². The van der Waals surface area contributed by atoms with E-state index >= 15 is 0 Å². The molecule has 1 aliphatic heterocycles. The third kappa shape index (κ3) is 3.21. The fraction of sp³-hybridized carbons (Fsp3) is 0.625. The first-order chi connectivity index (χ1) is 9.20. The van der Waals surface area contributed by atoms with Crippen LogP contribution in [0, 0.1) is 5.41 Å². The predicted molar refractivity (Wildman–Crippen MR) is 77.2 cm³/mol. The summed E-state index contributed by atoms with van der Waals surface area (Å²) in [6, 6.07) is 4.08. The van der Waals surface area contributed by atoms with Crippen LogP contribution in [0.25, 0.3) is 0 Å². The first-order valence-corrected chi connectivity index (χ1v) is 7.38. The van der Waals surface area contributed by atoms with Crippen molar-refractivity contribution in [3.8, 4) is 0 Å². The van der Waals surface area contributed by atoms with E-state index in [2.05, 4.69) is 30.2 Å². The maximum atomic E-state index is 12.6. The number of nitrogens with one attached hydrogen (secondary N) is 1. The second-order valence-corrected chi connectivity index (χ2v) is 5.50. The van der Waals surface area contributed by atoms with Crippen molar-refractivity contribution in [3.05, 3.63) is 29.6 Å². The van der Waals surface area contributed by atoms with Gasteiger partial charge in [-0.1, -0.05) is 19.9 Å². The molecule has 1 aromatic rings. The van der Waals surface area contributed by atoms with Gasteiger partial charge in [0, 0.05) is 23.7 Å². The molecule has 2 rings (SSSR count). The summed E-state index contributed by atoms with van der Waals surface area (Å²) in [7, 11) is 0. The van der Waals surface area contributed by atoms with Crippen LogP contribution in [-0.4, -0.2) is 23.9 Å². The lowest BCUT2D eigenvalue weighted by molar-refractivity contribution is -0.129. The van der Waals surface area contributed by atoms with Crippen LogP contribution in [0.4, 0.5) is 0 Å². The van der Waals surface area contributed by atoms with Crippen LogP contribution >= 0.6 is 0 Å². The lowest BCUT2D eigenvalue weighted by Crippen LogP contribution is -2.42. The third-order valence-corrected chi connectivity index (χ3v) is 4.46. The Labute approximate surface area is 115 Å². The highest BCUT2D eigenvalue weighted by Gasteiger charge is 2.37. The first kappa shape index (κ1) is 14.2. The molecule has 1 saturated heterocycles. The Bertz CT molecular complexity index is 419. The van der Waals surface area contributed by atoms with E-state index in [-0.39, 0.29) is 5.41 Å². The summed E-state index contributed by atoms with van der Waals surface area (Å²) in [5.41, 5.74) is 2.02. The molecule has 0 radical (unpaired) electrons. The van der Waals surface area contributed by atoms with Gasteiger partial charge in [-0.15, -0.1) is 0 Å². The molecule has 1 aromatic heterocycles. The van der Waals surface area contributed by atoms with Crippen molar-refractivity contribution in [1.82, 2.24) is 10.3 Å². The van der Waals surface area contributed by atoms with Crippen molar-refractivity contribution >= 4 is 5.78 Å². The largest absolute Gasteiger partial charge is 0.317 e.